The minimum absolute atomic E-state index is 0.289. The van der Waals surface area contributed by atoms with E-state index < -0.39 is 0 Å². The molecule has 0 saturated heterocycles. The first-order valence-corrected chi connectivity index (χ1v) is 6.65. The Morgan fingerprint density at radius 2 is 2.00 bits per heavy atom. The standard InChI is InChI=1S/C14H22N4/c1-9(5-4-6-10(2)15)13-17-12-8-7-11(3)16-14(12)18-13/h7-10H,4-6,15H2,1-3H3,(H,16,17,18). The number of pyridine rings is 1. The first-order chi connectivity index (χ1) is 8.56. The molecule has 18 heavy (non-hydrogen) atoms. The fourth-order valence-electron chi connectivity index (χ4n) is 2.12. The summed E-state index contributed by atoms with van der Waals surface area (Å²) in [6.45, 7) is 6.24. The van der Waals surface area contributed by atoms with Gasteiger partial charge < -0.3 is 10.7 Å². The predicted octanol–water partition coefficient (Wildman–Crippen LogP) is 2.89. The van der Waals surface area contributed by atoms with Gasteiger partial charge in [-0.15, -0.1) is 0 Å². The molecule has 0 bridgehead atoms. The molecule has 3 N–H and O–H groups in total. The van der Waals surface area contributed by atoms with E-state index in [1.54, 1.807) is 0 Å². The number of aromatic amines is 1. The Hall–Kier alpha value is -1.42. The van der Waals surface area contributed by atoms with Gasteiger partial charge in [0.2, 0.25) is 0 Å². The molecular weight excluding hydrogens is 224 g/mol. The molecule has 0 aliphatic carbocycles. The summed E-state index contributed by atoms with van der Waals surface area (Å²) in [6.07, 6.45) is 3.32. The largest absolute Gasteiger partial charge is 0.340 e. The van der Waals surface area contributed by atoms with Crippen molar-refractivity contribution >= 4 is 11.2 Å². The molecule has 2 heterocycles. The number of aromatic nitrogens is 3. The quantitative estimate of drug-likeness (QED) is 0.852. The number of nitrogens with one attached hydrogen (secondary N) is 1. The average molecular weight is 246 g/mol. The maximum absolute atomic E-state index is 5.76. The molecule has 0 spiro atoms. The van der Waals surface area contributed by atoms with Crippen LogP contribution in [-0.4, -0.2) is 21.0 Å². The van der Waals surface area contributed by atoms with Gasteiger partial charge in [-0.1, -0.05) is 13.3 Å². The third kappa shape index (κ3) is 3.07. The van der Waals surface area contributed by atoms with Crippen LogP contribution in [0.5, 0.6) is 0 Å². The van der Waals surface area contributed by atoms with Gasteiger partial charge in [0.05, 0.1) is 5.52 Å². The summed E-state index contributed by atoms with van der Waals surface area (Å²) >= 11 is 0. The maximum Gasteiger partial charge on any atom is 0.177 e. The zero-order chi connectivity index (χ0) is 13.1. The van der Waals surface area contributed by atoms with Gasteiger partial charge in [0.1, 0.15) is 5.82 Å². The van der Waals surface area contributed by atoms with Gasteiger partial charge in [0.25, 0.3) is 0 Å². The average Bonchev–Trinajstić information content (AvgIpc) is 2.71. The number of hydrogen-bond acceptors (Lipinski definition) is 3. The normalized spacial score (nSPS) is 14.9. The number of H-pyrrole nitrogens is 1. The van der Waals surface area contributed by atoms with E-state index in [2.05, 4.69) is 28.8 Å². The van der Waals surface area contributed by atoms with Crippen LogP contribution < -0.4 is 5.73 Å². The van der Waals surface area contributed by atoms with Crippen LogP contribution >= 0.6 is 0 Å². The van der Waals surface area contributed by atoms with Crippen molar-refractivity contribution in [3.8, 4) is 0 Å². The molecule has 0 fully saturated rings. The Labute approximate surface area is 108 Å². The van der Waals surface area contributed by atoms with Crippen molar-refractivity contribution in [3.05, 3.63) is 23.7 Å². The van der Waals surface area contributed by atoms with Crippen LogP contribution in [0.2, 0.25) is 0 Å². The molecule has 0 aromatic carbocycles. The van der Waals surface area contributed by atoms with E-state index in [1.807, 2.05) is 19.1 Å². The van der Waals surface area contributed by atoms with E-state index in [0.29, 0.717) is 5.92 Å². The lowest BCUT2D eigenvalue weighted by atomic mass is 10.0. The summed E-state index contributed by atoms with van der Waals surface area (Å²) in [6, 6.07) is 4.34. The molecule has 2 aromatic rings. The van der Waals surface area contributed by atoms with Crippen molar-refractivity contribution in [1.29, 1.82) is 0 Å². The van der Waals surface area contributed by atoms with Gasteiger partial charge in [0, 0.05) is 17.7 Å². The van der Waals surface area contributed by atoms with E-state index in [-0.39, 0.29) is 6.04 Å². The zero-order valence-electron chi connectivity index (χ0n) is 11.4. The highest BCUT2D eigenvalue weighted by molar-refractivity contribution is 5.70. The first-order valence-electron chi connectivity index (χ1n) is 6.65. The Bertz CT molecular complexity index is 515. The number of fused-ring (bicyclic) bond motifs is 1. The van der Waals surface area contributed by atoms with Crippen LogP contribution in [0.25, 0.3) is 11.2 Å². The van der Waals surface area contributed by atoms with Crippen molar-refractivity contribution in [3.63, 3.8) is 0 Å². The lowest BCUT2D eigenvalue weighted by molar-refractivity contribution is 0.546. The predicted molar refractivity (Wildman–Crippen MR) is 74.5 cm³/mol. The molecule has 98 valence electrons. The number of aryl methyl sites for hydroxylation is 1. The fraction of sp³-hybridized carbons (Fsp3) is 0.571. The SMILES string of the molecule is Cc1ccc2[nH]c(C(C)CCCC(C)N)nc2n1. The number of hydrogen-bond donors (Lipinski definition) is 2. The van der Waals surface area contributed by atoms with Gasteiger partial charge in [-0.3, -0.25) is 0 Å². The van der Waals surface area contributed by atoms with Crippen molar-refractivity contribution in [2.24, 2.45) is 5.73 Å². The number of imidazole rings is 1. The first kappa shape index (κ1) is 13.0. The topological polar surface area (TPSA) is 67.6 Å². The van der Waals surface area contributed by atoms with E-state index >= 15 is 0 Å². The number of nitrogens with zero attached hydrogens (tertiary/aromatic N) is 2. The molecule has 0 radical (unpaired) electrons. The number of rotatable bonds is 5. The van der Waals surface area contributed by atoms with Gasteiger partial charge in [-0.2, -0.15) is 0 Å². The van der Waals surface area contributed by atoms with Crippen LogP contribution in [0.4, 0.5) is 0 Å². The summed E-state index contributed by atoms with van der Waals surface area (Å²) in [5.74, 6) is 1.46. The maximum atomic E-state index is 5.76. The zero-order valence-corrected chi connectivity index (χ0v) is 11.4. The molecule has 2 atom stereocenters. The smallest absolute Gasteiger partial charge is 0.177 e. The molecular formula is C14H22N4. The third-order valence-electron chi connectivity index (χ3n) is 3.27. The molecule has 0 amide bonds. The van der Waals surface area contributed by atoms with Crippen LogP contribution in [0.15, 0.2) is 12.1 Å². The third-order valence-corrected chi connectivity index (χ3v) is 3.27. The summed E-state index contributed by atoms with van der Waals surface area (Å²) < 4.78 is 0. The summed E-state index contributed by atoms with van der Waals surface area (Å²) in [7, 11) is 0. The van der Waals surface area contributed by atoms with Crippen LogP contribution in [-0.2, 0) is 0 Å². The minimum atomic E-state index is 0.289. The monoisotopic (exact) mass is 246 g/mol. The highest BCUT2D eigenvalue weighted by Crippen LogP contribution is 2.21. The Balaban J connectivity index is 2.06. The van der Waals surface area contributed by atoms with E-state index in [0.717, 1.165) is 41.9 Å². The van der Waals surface area contributed by atoms with Gasteiger partial charge in [-0.25, -0.2) is 9.97 Å². The van der Waals surface area contributed by atoms with Crippen molar-refractivity contribution in [2.75, 3.05) is 0 Å². The van der Waals surface area contributed by atoms with Gasteiger partial charge in [0.15, 0.2) is 5.65 Å². The molecule has 4 heteroatoms. The molecule has 4 nitrogen and oxygen atoms in total. The second kappa shape index (κ2) is 5.48. The lowest BCUT2D eigenvalue weighted by Crippen LogP contribution is -2.14. The van der Waals surface area contributed by atoms with E-state index in [4.69, 9.17) is 5.73 Å². The Morgan fingerprint density at radius 3 is 2.72 bits per heavy atom. The van der Waals surface area contributed by atoms with E-state index in [9.17, 15) is 0 Å². The van der Waals surface area contributed by atoms with Crippen LogP contribution in [0.1, 0.15) is 50.5 Å². The van der Waals surface area contributed by atoms with Gasteiger partial charge >= 0.3 is 0 Å². The fourth-order valence-corrected chi connectivity index (χ4v) is 2.12. The van der Waals surface area contributed by atoms with Crippen molar-refractivity contribution in [2.45, 2.75) is 52.0 Å². The van der Waals surface area contributed by atoms with E-state index in [1.165, 1.54) is 0 Å². The minimum Gasteiger partial charge on any atom is -0.340 e. The second-order valence-electron chi connectivity index (χ2n) is 5.26. The van der Waals surface area contributed by atoms with Crippen LogP contribution in [0, 0.1) is 6.92 Å². The molecule has 0 aliphatic heterocycles. The number of nitrogens with two attached hydrogens (primary N) is 1. The molecule has 0 aliphatic rings. The Kier molecular flexibility index (Phi) is 3.97. The molecule has 0 saturated carbocycles. The van der Waals surface area contributed by atoms with Crippen LogP contribution in [0.3, 0.4) is 0 Å². The Morgan fingerprint density at radius 1 is 1.22 bits per heavy atom. The molecule has 2 unspecified atom stereocenters. The highest BCUT2D eigenvalue weighted by Gasteiger charge is 2.11. The summed E-state index contributed by atoms with van der Waals surface area (Å²) in [4.78, 5) is 12.4. The summed E-state index contributed by atoms with van der Waals surface area (Å²) in [5.41, 5.74) is 8.61. The second-order valence-corrected chi connectivity index (χ2v) is 5.26. The summed E-state index contributed by atoms with van der Waals surface area (Å²) in [5, 5.41) is 0. The lowest BCUT2D eigenvalue weighted by Gasteiger charge is -2.09. The van der Waals surface area contributed by atoms with Gasteiger partial charge in [-0.05, 0) is 38.8 Å². The molecule has 2 aromatic heterocycles. The van der Waals surface area contributed by atoms with Crippen molar-refractivity contribution in [1.82, 2.24) is 15.0 Å². The highest BCUT2D eigenvalue weighted by atomic mass is 15.0. The molecule has 2 rings (SSSR count). The van der Waals surface area contributed by atoms with Crippen molar-refractivity contribution < 1.29 is 0 Å².